The van der Waals surface area contributed by atoms with Gasteiger partial charge in [0.05, 0.1) is 11.9 Å². The molecule has 1 aliphatic heterocycles. The van der Waals surface area contributed by atoms with E-state index in [-0.39, 0.29) is 5.56 Å². The molecule has 3 rings (SSSR count). The predicted molar refractivity (Wildman–Crippen MR) is 83.4 cm³/mol. The first-order chi connectivity index (χ1) is 10.7. The second-order valence-electron chi connectivity index (χ2n) is 5.62. The van der Waals surface area contributed by atoms with Crippen LogP contribution in [0.3, 0.4) is 0 Å². The smallest absolute Gasteiger partial charge is 0.268 e. The standard InChI is InChI=1S/C15H20N6O/c1-20-9-13(17-8-15(20)22)10-21-6-3-12(4-7-21)19-14-2-5-16-11-18-14/h2,5,8-9,11-12H,3-4,6-7,10H2,1H3,(H,16,18,19). The molecule has 0 spiro atoms. The van der Waals surface area contributed by atoms with Crippen molar-refractivity contribution in [2.24, 2.45) is 7.05 Å². The van der Waals surface area contributed by atoms with Gasteiger partial charge in [0.1, 0.15) is 12.1 Å². The highest BCUT2D eigenvalue weighted by Crippen LogP contribution is 2.16. The van der Waals surface area contributed by atoms with Crippen LogP contribution in [0.15, 0.2) is 35.8 Å². The Morgan fingerprint density at radius 3 is 2.82 bits per heavy atom. The summed E-state index contributed by atoms with van der Waals surface area (Å²) in [6.07, 6.45) is 8.64. The summed E-state index contributed by atoms with van der Waals surface area (Å²) in [5, 5.41) is 3.44. The molecule has 1 saturated heterocycles. The van der Waals surface area contributed by atoms with E-state index < -0.39 is 0 Å². The Balaban J connectivity index is 1.51. The molecule has 0 aromatic carbocycles. The van der Waals surface area contributed by atoms with Crippen LogP contribution in [0.25, 0.3) is 0 Å². The van der Waals surface area contributed by atoms with Gasteiger partial charge in [-0.3, -0.25) is 14.7 Å². The number of rotatable bonds is 4. The van der Waals surface area contributed by atoms with Crippen molar-refractivity contribution in [2.45, 2.75) is 25.4 Å². The average Bonchev–Trinajstić information content (AvgIpc) is 2.54. The minimum Gasteiger partial charge on any atom is -0.367 e. The van der Waals surface area contributed by atoms with Gasteiger partial charge in [0.15, 0.2) is 0 Å². The number of anilines is 1. The fourth-order valence-corrected chi connectivity index (χ4v) is 2.68. The largest absolute Gasteiger partial charge is 0.367 e. The highest BCUT2D eigenvalue weighted by molar-refractivity contribution is 5.33. The molecule has 0 saturated carbocycles. The Kier molecular flexibility index (Phi) is 4.43. The zero-order valence-electron chi connectivity index (χ0n) is 12.6. The first kappa shape index (κ1) is 14.6. The van der Waals surface area contributed by atoms with E-state index in [2.05, 4.69) is 25.2 Å². The van der Waals surface area contributed by atoms with Gasteiger partial charge in [0, 0.05) is 45.1 Å². The van der Waals surface area contributed by atoms with Crippen molar-refractivity contribution in [3.63, 3.8) is 0 Å². The summed E-state index contributed by atoms with van der Waals surface area (Å²) in [7, 11) is 1.76. The summed E-state index contributed by atoms with van der Waals surface area (Å²) >= 11 is 0. The molecule has 0 radical (unpaired) electrons. The summed E-state index contributed by atoms with van der Waals surface area (Å²) in [5.41, 5.74) is 0.862. The van der Waals surface area contributed by atoms with Crippen LogP contribution in [-0.4, -0.2) is 43.6 Å². The molecule has 7 nitrogen and oxygen atoms in total. The molecule has 7 heteroatoms. The van der Waals surface area contributed by atoms with Crippen LogP contribution in [0, 0.1) is 0 Å². The Morgan fingerprint density at radius 1 is 1.32 bits per heavy atom. The Bertz CT molecular complexity index is 663. The topological polar surface area (TPSA) is 75.9 Å². The van der Waals surface area contributed by atoms with Crippen LogP contribution in [0.5, 0.6) is 0 Å². The fourth-order valence-electron chi connectivity index (χ4n) is 2.68. The van der Waals surface area contributed by atoms with Crippen LogP contribution < -0.4 is 10.9 Å². The van der Waals surface area contributed by atoms with Gasteiger partial charge in [-0.15, -0.1) is 0 Å². The number of aryl methyl sites for hydroxylation is 1. The minimum atomic E-state index is -0.0727. The van der Waals surface area contributed by atoms with Crippen molar-refractivity contribution in [2.75, 3.05) is 18.4 Å². The number of piperidine rings is 1. The van der Waals surface area contributed by atoms with E-state index in [0.717, 1.165) is 44.0 Å². The van der Waals surface area contributed by atoms with E-state index in [1.54, 1.807) is 24.1 Å². The lowest BCUT2D eigenvalue weighted by Gasteiger charge is -2.32. The molecule has 0 amide bonds. The third kappa shape index (κ3) is 3.67. The summed E-state index contributed by atoms with van der Waals surface area (Å²) in [4.78, 5) is 26.0. The molecule has 2 aromatic rings. The molecule has 0 aliphatic carbocycles. The number of likely N-dealkylation sites (tertiary alicyclic amines) is 1. The molecule has 1 aliphatic rings. The number of hydrogen-bond acceptors (Lipinski definition) is 6. The Hall–Kier alpha value is -2.28. The number of nitrogens with zero attached hydrogens (tertiary/aromatic N) is 5. The molecule has 0 bridgehead atoms. The second kappa shape index (κ2) is 6.65. The average molecular weight is 300 g/mol. The summed E-state index contributed by atoms with van der Waals surface area (Å²) < 4.78 is 1.58. The third-order valence-electron chi connectivity index (χ3n) is 3.94. The molecular formula is C15H20N6O. The van der Waals surface area contributed by atoms with Crippen LogP contribution in [-0.2, 0) is 13.6 Å². The van der Waals surface area contributed by atoms with E-state index in [9.17, 15) is 4.79 Å². The van der Waals surface area contributed by atoms with Crippen molar-refractivity contribution in [3.05, 3.63) is 47.0 Å². The number of aromatic nitrogens is 4. The molecule has 0 unspecified atom stereocenters. The normalized spacial score (nSPS) is 16.6. The van der Waals surface area contributed by atoms with Crippen LogP contribution in [0.1, 0.15) is 18.5 Å². The maximum atomic E-state index is 11.3. The maximum absolute atomic E-state index is 11.3. The van der Waals surface area contributed by atoms with Crippen LogP contribution >= 0.6 is 0 Å². The zero-order valence-corrected chi connectivity index (χ0v) is 12.6. The highest BCUT2D eigenvalue weighted by atomic mass is 16.1. The van der Waals surface area contributed by atoms with Gasteiger partial charge >= 0.3 is 0 Å². The van der Waals surface area contributed by atoms with Crippen LogP contribution in [0.4, 0.5) is 5.82 Å². The number of nitrogens with one attached hydrogen (secondary N) is 1. The summed E-state index contributed by atoms with van der Waals surface area (Å²) in [6.45, 7) is 2.80. The Morgan fingerprint density at radius 2 is 2.14 bits per heavy atom. The molecular weight excluding hydrogens is 280 g/mol. The molecule has 1 N–H and O–H groups in total. The van der Waals surface area contributed by atoms with Crippen molar-refractivity contribution < 1.29 is 0 Å². The Labute approximate surface area is 129 Å². The SMILES string of the molecule is Cn1cc(CN2CCC(Nc3ccncn3)CC2)ncc1=O. The van der Waals surface area contributed by atoms with Gasteiger partial charge < -0.3 is 9.88 Å². The van der Waals surface area contributed by atoms with Gasteiger partial charge in [-0.05, 0) is 18.9 Å². The number of hydrogen-bond donors (Lipinski definition) is 1. The summed E-state index contributed by atoms with van der Waals surface area (Å²) in [5.74, 6) is 0.883. The van der Waals surface area contributed by atoms with Crippen molar-refractivity contribution in [3.8, 4) is 0 Å². The molecule has 116 valence electrons. The first-order valence-corrected chi connectivity index (χ1v) is 7.47. The molecule has 22 heavy (non-hydrogen) atoms. The third-order valence-corrected chi connectivity index (χ3v) is 3.94. The van der Waals surface area contributed by atoms with Gasteiger partial charge in [-0.1, -0.05) is 0 Å². The van der Waals surface area contributed by atoms with Crippen LogP contribution in [0.2, 0.25) is 0 Å². The molecule has 2 aromatic heterocycles. The maximum Gasteiger partial charge on any atom is 0.268 e. The van der Waals surface area contributed by atoms with E-state index >= 15 is 0 Å². The van der Waals surface area contributed by atoms with Gasteiger partial charge in [0.25, 0.3) is 5.56 Å². The van der Waals surface area contributed by atoms with E-state index in [1.807, 2.05) is 12.3 Å². The zero-order chi connectivity index (χ0) is 15.4. The van der Waals surface area contributed by atoms with Gasteiger partial charge in [-0.25, -0.2) is 9.97 Å². The first-order valence-electron chi connectivity index (χ1n) is 7.47. The van der Waals surface area contributed by atoms with Gasteiger partial charge in [-0.2, -0.15) is 0 Å². The molecule has 3 heterocycles. The van der Waals surface area contributed by atoms with Crippen molar-refractivity contribution >= 4 is 5.82 Å². The lowest BCUT2D eigenvalue weighted by Crippen LogP contribution is -2.39. The highest BCUT2D eigenvalue weighted by Gasteiger charge is 2.19. The van der Waals surface area contributed by atoms with Crippen molar-refractivity contribution in [1.29, 1.82) is 0 Å². The summed E-state index contributed by atoms with van der Waals surface area (Å²) in [6, 6.07) is 2.33. The minimum absolute atomic E-state index is 0.0727. The monoisotopic (exact) mass is 300 g/mol. The van der Waals surface area contributed by atoms with E-state index in [1.165, 1.54) is 6.20 Å². The predicted octanol–water partition coefficient (Wildman–Crippen LogP) is 0.647. The lowest BCUT2D eigenvalue weighted by molar-refractivity contribution is 0.208. The van der Waals surface area contributed by atoms with E-state index in [4.69, 9.17) is 0 Å². The van der Waals surface area contributed by atoms with Crippen molar-refractivity contribution in [1.82, 2.24) is 24.4 Å². The fraction of sp³-hybridized carbons (Fsp3) is 0.467. The van der Waals surface area contributed by atoms with E-state index in [0.29, 0.717) is 6.04 Å². The quantitative estimate of drug-likeness (QED) is 0.893. The second-order valence-corrected chi connectivity index (χ2v) is 5.62. The molecule has 1 fully saturated rings. The van der Waals surface area contributed by atoms with Gasteiger partial charge in [0.2, 0.25) is 0 Å². The lowest BCUT2D eigenvalue weighted by atomic mass is 10.0. The molecule has 0 atom stereocenters.